The van der Waals surface area contributed by atoms with Crippen LogP contribution < -0.4 is 11.1 Å². The fourth-order valence-corrected chi connectivity index (χ4v) is 1.34. The minimum absolute atomic E-state index is 0.338. The van der Waals surface area contributed by atoms with Crippen LogP contribution >= 0.6 is 0 Å². The Hall–Kier alpha value is -1.62. The average Bonchev–Trinajstić information content (AvgIpc) is 2.01. The first-order valence-corrected chi connectivity index (χ1v) is 4.21. The minimum atomic E-state index is -1.11. The molecule has 0 aliphatic rings. The minimum Gasteiger partial charge on any atom is -0.465 e. The van der Waals surface area contributed by atoms with Crippen LogP contribution in [0.5, 0.6) is 0 Å². The van der Waals surface area contributed by atoms with Gasteiger partial charge >= 0.3 is 6.09 Å². The van der Waals surface area contributed by atoms with Crippen LogP contribution in [0.2, 0.25) is 0 Å². The van der Waals surface area contributed by atoms with Gasteiger partial charge in [-0.05, 0) is 31.0 Å². The average molecular weight is 195 g/mol. The molecule has 0 aliphatic carbocycles. The predicted octanol–water partition coefficient (Wildman–Crippen LogP) is 1.25. The van der Waals surface area contributed by atoms with E-state index in [-0.39, 0.29) is 0 Å². The molecule has 0 radical (unpaired) electrons. The van der Waals surface area contributed by atoms with Crippen LogP contribution in [0.15, 0.2) is 6.07 Å². The van der Waals surface area contributed by atoms with E-state index in [1.54, 1.807) is 6.07 Å². The molecule has 0 spiro atoms. The Morgan fingerprint density at radius 1 is 1.64 bits per heavy atom. The normalized spacial score (nSPS) is 9.93. The summed E-state index contributed by atoms with van der Waals surface area (Å²) >= 11 is 0. The zero-order valence-electron chi connectivity index (χ0n) is 8.16. The SMILES string of the molecule is Cc1cc(NC(=O)O)nc(C)c1CN. The van der Waals surface area contributed by atoms with Gasteiger partial charge < -0.3 is 10.8 Å². The molecule has 76 valence electrons. The Morgan fingerprint density at radius 3 is 2.71 bits per heavy atom. The fourth-order valence-electron chi connectivity index (χ4n) is 1.34. The first-order chi connectivity index (χ1) is 6.54. The number of hydrogen-bond acceptors (Lipinski definition) is 3. The van der Waals surface area contributed by atoms with Crippen LogP contribution in [0.1, 0.15) is 16.8 Å². The standard InChI is InChI=1S/C9H13N3O2/c1-5-3-8(12-9(13)14)11-6(2)7(5)4-10/h3H,4,10H2,1-2H3,(H,11,12)(H,13,14). The molecule has 0 saturated heterocycles. The molecule has 0 unspecified atom stereocenters. The van der Waals surface area contributed by atoms with Gasteiger partial charge in [0.2, 0.25) is 0 Å². The maximum absolute atomic E-state index is 10.4. The monoisotopic (exact) mass is 195 g/mol. The van der Waals surface area contributed by atoms with Gasteiger partial charge in [0, 0.05) is 12.2 Å². The van der Waals surface area contributed by atoms with E-state index in [1.165, 1.54) is 0 Å². The summed E-state index contributed by atoms with van der Waals surface area (Å²) in [5, 5.41) is 10.7. The predicted molar refractivity (Wildman–Crippen MR) is 53.2 cm³/mol. The first-order valence-electron chi connectivity index (χ1n) is 4.21. The van der Waals surface area contributed by atoms with Crippen molar-refractivity contribution < 1.29 is 9.90 Å². The number of anilines is 1. The maximum Gasteiger partial charge on any atom is 0.410 e. The van der Waals surface area contributed by atoms with Crippen LogP contribution in [-0.2, 0) is 6.54 Å². The quantitative estimate of drug-likeness (QED) is 0.662. The number of pyridine rings is 1. The molecule has 0 saturated carbocycles. The molecule has 0 aliphatic heterocycles. The van der Waals surface area contributed by atoms with Crippen molar-refractivity contribution in [2.45, 2.75) is 20.4 Å². The van der Waals surface area contributed by atoms with Crippen molar-refractivity contribution in [2.75, 3.05) is 5.32 Å². The molecule has 1 heterocycles. The number of nitrogens with two attached hydrogens (primary N) is 1. The third kappa shape index (κ3) is 2.20. The van der Waals surface area contributed by atoms with E-state index in [2.05, 4.69) is 10.3 Å². The van der Waals surface area contributed by atoms with Gasteiger partial charge in [0.1, 0.15) is 5.82 Å². The van der Waals surface area contributed by atoms with Crippen molar-refractivity contribution in [3.8, 4) is 0 Å². The Kier molecular flexibility index (Phi) is 3.03. The molecule has 5 nitrogen and oxygen atoms in total. The number of amides is 1. The summed E-state index contributed by atoms with van der Waals surface area (Å²) < 4.78 is 0. The van der Waals surface area contributed by atoms with Crippen molar-refractivity contribution in [1.29, 1.82) is 0 Å². The molecule has 0 atom stereocenters. The molecular weight excluding hydrogens is 182 g/mol. The van der Waals surface area contributed by atoms with Crippen LogP contribution in [0.3, 0.4) is 0 Å². The molecule has 5 heteroatoms. The number of aryl methyl sites for hydroxylation is 2. The molecule has 4 N–H and O–H groups in total. The number of nitrogens with one attached hydrogen (secondary N) is 1. The lowest BCUT2D eigenvalue weighted by Crippen LogP contribution is -2.11. The highest BCUT2D eigenvalue weighted by Gasteiger charge is 2.06. The second-order valence-electron chi connectivity index (χ2n) is 3.02. The van der Waals surface area contributed by atoms with Crippen molar-refractivity contribution in [1.82, 2.24) is 4.98 Å². The second kappa shape index (κ2) is 4.06. The van der Waals surface area contributed by atoms with Crippen molar-refractivity contribution >= 4 is 11.9 Å². The summed E-state index contributed by atoms with van der Waals surface area (Å²) in [5.74, 6) is 0.338. The van der Waals surface area contributed by atoms with Crippen LogP contribution in [0.25, 0.3) is 0 Å². The van der Waals surface area contributed by atoms with Gasteiger partial charge in [-0.15, -0.1) is 0 Å². The molecule has 14 heavy (non-hydrogen) atoms. The molecule has 1 rings (SSSR count). The lowest BCUT2D eigenvalue weighted by Gasteiger charge is -2.09. The van der Waals surface area contributed by atoms with Crippen LogP contribution in [0.4, 0.5) is 10.6 Å². The number of carboxylic acid groups (broad SMARTS) is 1. The third-order valence-corrected chi connectivity index (χ3v) is 1.99. The highest BCUT2D eigenvalue weighted by molar-refractivity contribution is 5.81. The van der Waals surface area contributed by atoms with Gasteiger partial charge in [0.25, 0.3) is 0 Å². The van der Waals surface area contributed by atoms with E-state index in [0.717, 1.165) is 16.8 Å². The number of rotatable bonds is 2. The molecule has 0 bridgehead atoms. The van der Waals surface area contributed by atoms with Gasteiger partial charge in [0.05, 0.1) is 0 Å². The van der Waals surface area contributed by atoms with E-state index >= 15 is 0 Å². The Labute approximate surface area is 82.0 Å². The summed E-state index contributed by atoms with van der Waals surface area (Å²) in [6.45, 7) is 4.10. The molecule has 0 fully saturated rings. The summed E-state index contributed by atoms with van der Waals surface area (Å²) in [6.07, 6.45) is -1.11. The van der Waals surface area contributed by atoms with Crippen LogP contribution in [0, 0.1) is 13.8 Å². The topological polar surface area (TPSA) is 88.2 Å². The number of hydrogen-bond donors (Lipinski definition) is 3. The fraction of sp³-hybridized carbons (Fsp3) is 0.333. The highest BCUT2D eigenvalue weighted by atomic mass is 16.4. The molecule has 0 aromatic carbocycles. The summed E-state index contributed by atoms with van der Waals surface area (Å²) in [7, 11) is 0. The van der Waals surface area contributed by atoms with E-state index in [1.807, 2.05) is 13.8 Å². The lowest BCUT2D eigenvalue weighted by atomic mass is 10.1. The van der Waals surface area contributed by atoms with Crippen molar-refractivity contribution in [3.05, 3.63) is 22.9 Å². The summed E-state index contributed by atoms with van der Waals surface area (Å²) in [4.78, 5) is 14.4. The van der Waals surface area contributed by atoms with Gasteiger partial charge in [-0.25, -0.2) is 9.78 Å². The van der Waals surface area contributed by atoms with Crippen LogP contribution in [-0.4, -0.2) is 16.2 Å². The highest BCUT2D eigenvalue weighted by Crippen LogP contribution is 2.15. The largest absolute Gasteiger partial charge is 0.465 e. The number of carbonyl (C=O) groups is 1. The third-order valence-electron chi connectivity index (χ3n) is 1.99. The van der Waals surface area contributed by atoms with E-state index in [0.29, 0.717) is 12.4 Å². The van der Waals surface area contributed by atoms with Gasteiger partial charge in [-0.3, -0.25) is 5.32 Å². The smallest absolute Gasteiger partial charge is 0.410 e. The van der Waals surface area contributed by atoms with Gasteiger partial charge in [0.15, 0.2) is 0 Å². The van der Waals surface area contributed by atoms with Gasteiger partial charge in [-0.2, -0.15) is 0 Å². The first kappa shape index (κ1) is 10.5. The van der Waals surface area contributed by atoms with E-state index in [9.17, 15) is 4.79 Å². The summed E-state index contributed by atoms with van der Waals surface area (Å²) in [6, 6.07) is 1.67. The molecule has 1 aromatic rings. The maximum atomic E-state index is 10.4. The Balaban J connectivity index is 3.07. The van der Waals surface area contributed by atoms with Crippen molar-refractivity contribution in [2.24, 2.45) is 5.73 Å². The number of aromatic nitrogens is 1. The molecule has 1 aromatic heterocycles. The van der Waals surface area contributed by atoms with E-state index < -0.39 is 6.09 Å². The van der Waals surface area contributed by atoms with E-state index in [4.69, 9.17) is 10.8 Å². The zero-order valence-corrected chi connectivity index (χ0v) is 8.16. The Bertz CT molecular complexity index is 340. The summed E-state index contributed by atoms with van der Waals surface area (Å²) in [5.41, 5.74) is 8.19. The second-order valence-corrected chi connectivity index (χ2v) is 3.02. The lowest BCUT2D eigenvalue weighted by molar-refractivity contribution is 0.209. The Morgan fingerprint density at radius 2 is 2.29 bits per heavy atom. The van der Waals surface area contributed by atoms with Crippen molar-refractivity contribution in [3.63, 3.8) is 0 Å². The number of nitrogens with zero attached hydrogens (tertiary/aromatic N) is 1. The zero-order chi connectivity index (χ0) is 10.7. The molecular formula is C9H13N3O2. The molecule has 1 amide bonds. The van der Waals surface area contributed by atoms with Gasteiger partial charge in [-0.1, -0.05) is 0 Å².